The highest BCUT2D eigenvalue weighted by atomic mass is 16.6. The van der Waals surface area contributed by atoms with Crippen LogP contribution in [0.5, 0.6) is 0 Å². The highest BCUT2D eigenvalue weighted by Gasteiger charge is 2.52. The van der Waals surface area contributed by atoms with E-state index in [0.29, 0.717) is 0 Å². The molecule has 1 aromatic rings. The molecule has 0 bridgehead atoms. The Morgan fingerprint density at radius 1 is 1.46 bits per heavy atom. The van der Waals surface area contributed by atoms with Gasteiger partial charge in [-0.3, -0.25) is 19.1 Å². The van der Waals surface area contributed by atoms with Crippen LogP contribution >= 0.6 is 0 Å². The van der Waals surface area contributed by atoms with Crippen LogP contribution in [0.25, 0.3) is 0 Å². The first-order valence-corrected chi connectivity index (χ1v) is 7.81. The van der Waals surface area contributed by atoms with Crippen LogP contribution < -0.4 is 11.2 Å². The van der Waals surface area contributed by atoms with Crippen molar-refractivity contribution in [3.05, 3.63) is 33.1 Å². The number of carbonyl (C=O) groups excluding carboxylic acids is 1. The highest BCUT2D eigenvalue weighted by Crippen LogP contribution is 2.41. The molecule has 0 saturated carbocycles. The number of aromatic nitrogens is 2. The van der Waals surface area contributed by atoms with Crippen LogP contribution in [0.2, 0.25) is 0 Å². The Labute approximate surface area is 139 Å². The molecule has 2 rings (SSSR count). The molecule has 1 aliphatic heterocycles. The van der Waals surface area contributed by atoms with Gasteiger partial charge in [0.2, 0.25) is 0 Å². The van der Waals surface area contributed by atoms with E-state index in [4.69, 9.17) is 9.47 Å². The van der Waals surface area contributed by atoms with Gasteiger partial charge in [0.05, 0.1) is 11.5 Å². The van der Waals surface area contributed by atoms with Gasteiger partial charge < -0.3 is 14.6 Å². The fourth-order valence-electron chi connectivity index (χ4n) is 2.54. The van der Waals surface area contributed by atoms with Gasteiger partial charge in [-0.05, 0) is 27.7 Å². The molecule has 1 saturated heterocycles. The molecule has 0 aliphatic carbocycles. The quantitative estimate of drug-likeness (QED) is 0.771. The first-order valence-electron chi connectivity index (χ1n) is 7.81. The van der Waals surface area contributed by atoms with E-state index in [1.165, 1.54) is 12.3 Å². The summed E-state index contributed by atoms with van der Waals surface area (Å²) in [4.78, 5) is 37.2. The van der Waals surface area contributed by atoms with E-state index in [9.17, 15) is 19.5 Å². The monoisotopic (exact) mass is 340 g/mol. The maximum Gasteiger partial charge on any atom is 0.330 e. The Kier molecular flexibility index (Phi) is 4.74. The van der Waals surface area contributed by atoms with Crippen molar-refractivity contribution in [2.24, 2.45) is 11.3 Å². The fraction of sp³-hybridized carbons (Fsp3) is 0.688. The summed E-state index contributed by atoms with van der Waals surface area (Å²) >= 11 is 0. The number of rotatable bonds is 3. The lowest BCUT2D eigenvalue weighted by molar-refractivity contribution is -0.158. The van der Waals surface area contributed by atoms with Crippen molar-refractivity contribution in [1.29, 1.82) is 0 Å². The van der Waals surface area contributed by atoms with E-state index in [2.05, 4.69) is 4.98 Å². The molecule has 0 unspecified atom stereocenters. The third-order valence-electron chi connectivity index (χ3n) is 4.38. The van der Waals surface area contributed by atoms with E-state index in [0.717, 1.165) is 4.57 Å². The van der Waals surface area contributed by atoms with Crippen LogP contribution in [0, 0.1) is 11.3 Å². The number of H-pyrrole nitrogens is 1. The lowest BCUT2D eigenvalue weighted by Crippen LogP contribution is -2.43. The van der Waals surface area contributed by atoms with E-state index in [-0.39, 0.29) is 12.6 Å². The van der Waals surface area contributed by atoms with Crippen molar-refractivity contribution in [3.8, 4) is 0 Å². The van der Waals surface area contributed by atoms with Gasteiger partial charge in [0, 0.05) is 18.2 Å². The van der Waals surface area contributed by atoms with Gasteiger partial charge in [0.25, 0.3) is 5.56 Å². The number of carbonyl (C=O) groups is 1. The topological polar surface area (TPSA) is 111 Å². The second-order valence-electron chi connectivity index (χ2n) is 7.41. The van der Waals surface area contributed by atoms with Gasteiger partial charge >= 0.3 is 11.7 Å². The Morgan fingerprint density at radius 3 is 2.62 bits per heavy atom. The summed E-state index contributed by atoms with van der Waals surface area (Å²) in [5.74, 6) is -0.767. The molecule has 8 nitrogen and oxygen atoms in total. The Morgan fingerprint density at radius 2 is 2.08 bits per heavy atom. The number of aromatic amines is 1. The van der Waals surface area contributed by atoms with Gasteiger partial charge in [0.1, 0.15) is 12.2 Å². The van der Waals surface area contributed by atoms with Crippen LogP contribution in [0.3, 0.4) is 0 Å². The molecule has 8 heteroatoms. The molecule has 1 aromatic heterocycles. The van der Waals surface area contributed by atoms with Gasteiger partial charge in [-0.2, -0.15) is 0 Å². The number of hydrogen-bond acceptors (Lipinski definition) is 6. The average molecular weight is 340 g/mol. The maximum atomic E-state index is 12.0. The molecule has 0 spiro atoms. The summed E-state index contributed by atoms with van der Waals surface area (Å²) in [5, 5.41) is 10.7. The Hall–Kier alpha value is -1.93. The lowest BCUT2D eigenvalue weighted by atomic mass is 9.88. The van der Waals surface area contributed by atoms with Gasteiger partial charge in [-0.15, -0.1) is 0 Å². The fourth-order valence-corrected chi connectivity index (χ4v) is 2.54. The molecule has 134 valence electrons. The van der Waals surface area contributed by atoms with Crippen molar-refractivity contribution in [2.45, 2.75) is 52.6 Å². The molecule has 2 N–H and O–H groups in total. The molecule has 1 aliphatic rings. The zero-order valence-electron chi connectivity index (χ0n) is 14.5. The van der Waals surface area contributed by atoms with Crippen LogP contribution in [0.1, 0.15) is 40.8 Å². The SMILES string of the molecule is C[C@@H]1[C@@H](COC(=O)C(C)(C)C)O[C@@H](n2ccc(=O)[nH]c2=O)[C@@]1(C)O. The summed E-state index contributed by atoms with van der Waals surface area (Å²) in [6.07, 6.45) is -0.290. The third kappa shape index (κ3) is 3.44. The average Bonchev–Trinajstić information content (AvgIpc) is 2.67. The van der Waals surface area contributed by atoms with Gasteiger partial charge in [-0.1, -0.05) is 6.92 Å². The van der Waals surface area contributed by atoms with Crippen LogP contribution in [-0.2, 0) is 14.3 Å². The molecule has 1 fully saturated rings. The first-order chi connectivity index (χ1) is 10.9. The van der Waals surface area contributed by atoms with Crippen molar-refractivity contribution in [3.63, 3.8) is 0 Å². The summed E-state index contributed by atoms with van der Waals surface area (Å²) in [7, 11) is 0. The summed E-state index contributed by atoms with van der Waals surface area (Å²) in [6, 6.07) is 1.18. The summed E-state index contributed by atoms with van der Waals surface area (Å²) < 4.78 is 12.2. The number of esters is 1. The number of aliphatic hydroxyl groups is 1. The normalized spacial score (nSPS) is 30.3. The van der Waals surface area contributed by atoms with Gasteiger partial charge in [0.15, 0.2) is 6.23 Å². The Balaban J connectivity index is 2.20. The summed E-state index contributed by atoms with van der Waals surface area (Å²) in [6.45, 7) is 8.51. The smallest absolute Gasteiger partial charge is 0.330 e. The molecule has 0 aromatic carbocycles. The highest BCUT2D eigenvalue weighted by molar-refractivity contribution is 5.75. The van der Waals surface area contributed by atoms with Crippen LogP contribution in [0.15, 0.2) is 21.9 Å². The largest absolute Gasteiger partial charge is 0.463 e. The predicted octanol–water partition coefficient (Wildman–Crippen LogP) is 0.410. The van der Waals surface area contributed by atoms with Crippen molar-refractivity contribution in [2.75, 3.05) is 6.61 Å². The second-order valence-corrected chi connectivity index (χ2v) is 7.41. The van der Waals surface area contributed by atoms with E-state index < -0.39 is 40.5 Å². The minimum absolute atomic E-state index is 0.0258. The zero-order chi connectivity index (χ0) is 18.3. The summed E-state index contributed by atoms with van der Waals surface area (Å²) in [5.41, 5.74) is -3.22. The Bertz CT molecular complexity index is 727. The molecule has 0 amide bonds. The van der Waals surface area contributed by atoms with Crippen molar-refractivity contribution < 1.29 is 19.4 Å². The minimum atomic E-state index is -1.37. The number of nitrogens with zero attached hydrogens (tertiary/aromatic N) is 1. The van der Waals surface area contributed by atoms with Gasteiger partial charge in [-0.25, -0.2) is 4.79 Å². The van der Waals surface area contributed by atoms with Crippen LogP contribution in [0.4, 0.5) is 0 Å². The maximum absolute atomic E-state index is 12.0. The van der Waals surface area contributed by atoms with Crippen molar-refractivity contribution in [1.82, 2.24) is 9.55 Å². The molecule has 0 radical (unpaired) electrons. The van der Waals surface area contributed by atoms with E-state index >= 15 is 0 Å². The molecule has 2 heterocycles. The molecule has 4 atom stereocenters. The lowest BCUT2D eigenvalue weighted by Gasteiger charge is -2.28. The molecule has 24 heavy (non-hydrogen) atoms. The first kappa shape index (κ1) is 18.4. The second kappa shape index (κ2) is 6.18. The number of ether oxygens (including phenoxy) is 2. The molecular weight excluding hydrogens is 316 g/mol. The number of hydrogen-bond donors (Lipinski definition) is 2. The van der Waals surface area contributed by atoms with E-state index in [1.54, 1.807) is 34.6 Å². The third-order valence-corrected chi connectivity index (χ3v) is 4.38. The van der Waals surface area contributed by atoms with E-state index in [1.807, 2.05) is 0 Å². The minimum Gasteiger partial charge on any atom is -0.463 e. The molecular formula is C16H24N2O6. The predicted molar refractivity (Wildman–Crippen MR) is 85.4 cm³/mol. The zero-order valence-corrected chi connectivity index (χ0v) is 14.5. The van der Waals surface area contributed by atoms with Crippen LogP contribution in [-0.4, -0.2) is 38.9 Å². The standard InChI is InChI=1S/C16H24N2O6/c1-9-10(8-23-13(20)15(2,3)4)24-12(16(9,5)22)18-7-6-11(19)17-14(18)21/h6-7,9-10,12,22H,8H2,1-5H3,(H,17,19,21)/t9-,10-,12-,16+/m1/s1. The number of nitrogens with one attached hydrogen (secondary N) is 1. The van der Waals surface area contributed by atoms with Crippen molar-refractivity contribution >= 4 is 5.97 Å².